The molecule has 0 atom stereocenters. The molecule has 0 fully saturated rings. The van der Waals surface area contributed by atoms with Crippen molar-refractivity contribution in [2.45, 2.75) is 13.5 Å². The number of alkyl halides is 2. The Hall–Kier alpha value is -2.58. The minimum absolute atomic E-state index is 0.0168. The number of ether oxygens (including phenoxy) is 1. The second-order valence-electron chi connectivity index (χ2n) is 4.29. The molecule has 0 aliphatic rings. The number of hydrogen-bond donors (Lipinski definition) is 1. The van der Waals surface area contributed by atoms with E-state index in [1.54, 1.807) is 0 Å². The number of pyridine rings is 1. The fourth-order valence-electron chi connectivity index (χ4n) is 1.88. The van der Waals surface area contributed by atoms with E-state index in [4.69, 9.17) is 0 Å². The summed E-state index contributed by atoms with van der Waals surface area (Å²) >= 11 is 0. The third-order valence-corrected chi connectivity index (χ3v) is 2.77. The number of rotatable bonds is 5. The van der Waals surface area contributed by atoms with Crippen LogP contribution >= 0.6 is 0 Å². The molecular weight excluding hydrogens is 296 g/mol. The number of benzene rings is 1. The Balaban J connectivity index is 2.33. The third-order valence-electron chi connectivity index (χ3n) is 2.77. The number of nitrogens with two attached hydrogens (primary N) is 1. The van der Waals surface area contributed by atoms with Crippen molar-refractivity contribution < 1.29 is 23.8 Å². The predicted molar refractivity (Wildman–Crippen MR) is 75.1 cm³/mol. The van der Waals surface area contributed by atoms with Gasteiger partial charge in [-0.05, 0) is 24.3 Å². The highest BCUT2D eigenvalue weighted by atomic mass is 19.3. The molecule has 0 bridgehead atoms. The second kappa shape index (κ2) is 6.92. The number of amides is 1. The van der Waals surface area contributed by atoms with Crippen molar-refractivity contribution in [3.63, 3.8) is 0 Å². The quantitative estimate of drug-likeness (QED) is 0.857. The summed E-state index contributed by atoms with van der Waals surface area (Å²) < 4.78 is 28.5. The first-order valence-corrected chi connectivity index (χ1v) is 6.28. The van der Waals surface area contributed by atoms with Crippen LogP contribution in [-0.4, -0.2) is 17.5 Å². The Kier molecular flexibility index (Phi) is 4.97. The summed E-state index contributed by atoms with van der Waals surface area (Å²) in [6.07, 6.45) is 1.41. The Morgan fingerprint density at radius 3 is 2.55 bits per heavy atom. The van der Waals surface area contributed by atoms with E-state index in [2.05, 4.69) is 9.72 Å². The molecule has 0 aliphatic carbocycles. The van der Waals surface area contributed by atoms with Crippen molar-refractivity contribution in [1.29, 1.82) is 0 Å². The maximum atomic E-state index is 12.1. The molecule has 1 aromatic heterocycles. The highest BCUT2D eigenvalue weighted by Gasteiger charge is 2.16. The first-order valence-electron chi connectivity index (χ1n) is 6.28. The normalized spacial score (nSPS) is 10.6. The standard InChI is InChI=1S/C14H13F2N3O3/c1-9(20)19(13-8-10(18-21)6-7-17-13)11-2-4-12(5-3-11)22-14(15)16/h2-8,14H,18H2,1H3. The second-order valence-corrected chi connectivity index (χ2v) is 4.29. The lowest BCUT2D eigenvalue weighted by atomic mass is 10.2. The van der Waals surface area contributed by atoms with Gasteiger partial charge in [-0.15, -0.1) is 0 Å². The van der Waals surface area contributed by atoms with Gasteiger partial charge < -0.3 is 15.4 Å². The lowest BCUT2D eigenvalue weighted by Crippen LogP contribution is -2.70. The lowest BCUT2D eigenvalue weighted by molar-refractivity contribution is -0.497. The summed E-state index contributed by atoms with van der Waals surface area (Å²) in [6, 6.07) is 8.51. The molecule has 0 saturated heterocycles. The van der Waals surface area contributed by atoms with Crippen molar-refractivity contribution in [3.05, 3.63) is 47.8 Å². The molecule has 1 aromatic carbocycles. The van der Waals surface area contributed by atoms with Gasteiger partial charge in [0.1, 0.15) is 17.3 Å². The molecule has 0 radical (unpaired) electrons. The molecule has 8 heteroatoms. The van der Waals surface area contributed by atoms with Crippen molar-refractivity contribution in [2.75, 3.05) is 4.90 Å². The number of nitrogens with zero attached hydrogens (tertiary/aromatic N) is 2. The van der Waals surface area contributed by atoms with Crippen LogP contribution in [0.25, 0.3) is 0 Å². The Bertz CT molecular complexity index is 650. The largest absolute Gasteiger partial charge is 0.630 e. The van der Waals surface area contributed by atoms with Crippen molar-refractivity contribution in [1.82, 2.24) is 4.98 Å². The Morgan fingerprint density at radius 1 is 1.32 bits per heavy atom. The van der Waals surface area contributed by atoms with Crippen LogP contribution in [0.5, 0.6) is 5.75 Å². The molecule has 1 heterocycles. The zero-order chi connectivity index (χ0) is 16.1. The van der Waals surface area contributed by atoms with E-state index in [1.807, 2.05) is 0 Å². The molecule has 2 N–H and O–H groups in total. The minimum atomic E-state index is -2.92. The van der Waals surface area contributed by atoms with Crippen LogP contribution in [0.15, 0.2) is 42.6 Å². The highest BCUT2D eigenvalue weighted by Crippen LogP contribution is 2.27. The van der Waals surface area contributed by atoms with E-state index < -0.39 is 6.61 Å². The van der Waals surface area contributed by atoms with Crippen molar-refractivity contribution in [2.24, 2.45) is 0 Å². The fourth-order valence-corrected chi connectivity index (χ4v) is 1.88. The molecule has 0 spiro atoms. The maximum Gasteiger partial charge on any atom is 0.387 e. The van der Waals surface area contributed by atoms with Gasteiger partial charge in [0.25, 0.3) is 0 Å². The number of aromatic nitrogens is 1. The third kappa shape index (κ3) is 3.74. The van der Waals surface area contributed by atoms with Crippen LogP contribution in [0.2, 0.25) is 0 Å². The van der Waals surface area contributed by atoms with Crippen molar-refractivity contribution in [3.8, 4) is 5.75 Å². The summed E-state index contributed by atoms with van der Waals surface area (Å²) in [5.74, 6) is -0.0884. The smallest absolute Gasteiger partial charge is 0.387 e. The molecule has 22 heavy (non-hydrogen) atoms. The van der Waals surface area contributed by atoms with Gasteiger partial charge in [0.2, 0.25) is 5.91 Å². The van der Waals surface area contributed by atoms with Crippen LogP contribution in [0.3, 0.4) is 0 Å². The lowest BCUT2D eigenvalue weighted by Gasteiger charge is -2.20. The molecule has 2 rings (SSSR count). The van der Waals surface area contributed by atoms with Crippen molar-refractivity contribution >= 4 is 23.1 Å². The van der Waals surface area contributed by atoms with E-state index in [1.165, 1.54) is 54.4 Å². The summed E-state index contributed by atoms with van der Waals surface area (Å²) in [5.41, 5.74) is 1.43. The van der Waals surface area contributed by atoms with Gasteiger partial charge in [-0.2, -0.15) is 8.78 Å². The van der Waals surface area contributed by atoms with Crippen LogP contribution in [0.4, 0.5) is 26.0 Å². The molecular formula is C14H13F2N3O3. The van der Waals surface area contributed by atoms with Crippen LogP contribution in [0.1, 0.15) is 6.92 Å². The number of quaternary nitrogens is 1. The Labute approximate surface area is 124 Å². The SMILES string of the molecule is CC(=O)N(c1ccc(OC(F)F)cc1)c1cc([NH2+][O-])ccn1. The maximum absolute atomic E-state index is 12.1. The first-order chi connectivity index (χ1) is 10.5. The van der Waals surface area contributed by atoms with Gasteiger partial charge >= 0.3 is 6.61 Å². The van der Waals surface area contributed by atoms with Gasteiger partial charge in [0.05, 0.1) is 5.69 Å². The average molecular weight is 309 g/mol. The molecule has 2 aromatic rings. The van der Waals surface area contributed by atoms with Gasteiger partial charge in [-0.3, -0.25) is 9.69 Å². The van der Waals surface area contributed by atoms with Gasteiger partial charge in [0, 0.05) is 25.3 Å². The van der Waals surface area contributed by atoms with Crippen LogP contribution in [0, 0.1) is 5.21 Å². The van der Waals surface area contributed by atoms with E-state index >= 15 is 0 Å². The molecule has 0 unspecified atom stereocenters. The van der Waals surface area contributed by atoms with E-state index in [9.17, 15) is 18.8 Å². The number of anilines is 2. The summed E-state index contributed by atoms with van der Waals surface area (Å²) in [6.45, 7) is -1.58. The number of hydrogen-bond acceptors (Lipinski definition) is 4. The number of carbonyl (C=O) groups excluding carboxylic acids is 1. The molecule has 0 aliphatic heterocycles. The Morgan fingerprint density at radius 2 is 2.00 bits per heavy atom. The van der Waals surface area contributed by atoms with E-state index in [0.717, 1.165) is 0 Å². The highest BCUT2D eigenvalue weighted by molar-refractivity contribution is 5.98. The van der Waals surface area contributed by atoms with Crippen LogP contribution < -0.4 is 15.1 Å². The van der Waals surface area contributed by atoms with E-state index in [0.29, 0.717) is 16.9 Å². The number of carbonyl (C=O) groups is 1. The summed E-state index contributed by atoms with van der Waals surface area (Å²) in [5, 5.41) is 10.8. The average Bonchev–Trinajstić information content (AvgIpc) is 2.48. The minimum Gasteiger partial charge on any atom is -0.630 e. The topological polar surface area (TPSA) is 82.1 Å². The first kappa shape index (κ1) is 15.8. The molecule has 0 saturated carbocycles. The summed E-state index contributed by atoms with van der Waals surface area (Å²) in [7, 11) is 0. The fraction of sp³-hybridized carbons (Fsp3) is 0.143. The summed E-state index contributed by atoms with van der Waals surface area (Å²) in [4.78, 5) is 17.2. The zero-order valence-electron chi connectivity index (χ0n) is 11.6. The van der Waals surface area contributed by atoms with Crippen LogP contribution in [-0.2, 0) is 4.79 Å². The van der Waals surface area contributed by atoms with Gasteiger partial charge in [0.15, 0.2) is 0 Å². The van der Waals surface area contributed by atoms with E-state index in [-0.39, 0.29) is 17.5 Å². The predicted octanol–water partition coefficient (Wildman–Crippen LogP) is 2.06. The van der Waals surface area contributed by atoms with Gasteiger partial charge in [-0.1, -0.05) is 0 Å². The molecule has 116 valence electrons. The van der Waals surface area contributed by atoms with Gasteiger partial charge in [-0.25, -0.2) is 4.98 Å². The zero-order valence-corrected chi connectivity index (χ0v) is 11.6. The molecule has 6 nitrogen and oxygen atoms in total. The number of halogens is 2. The monoisotopic (exact) mass is 309 g/mol. The molecule has 1 amide bonds.